The van der Waals surface area contributed by atoms with Gasteiger partial charge in [0.2, 0.25) is 0 Å². The number of unbranched alkanes of at least 4 members (excludes halogenated alkanes) is 16. The predicted octanol–water partition coefficient (Wildman–Crippen LogP) is 11.7. The van der Waals surface area contributed by atoms with Gasteiger partial charge in [-0.1, -0.05) is 177 Å². The van der Waals surface area contributed by atoms with Crippen molar-refractivity contribution in [3.63, 3.8) is 0 Å². The minimum atomic E-state index is -4.80. The molecule has 0 heterocycles. The second-order valence-electron chi connectivity index (χ2n) is 14.7. The number of rotatable bonds is 26. The largest absolute Gasteiger partial charge is 2.00 e. The Morgan fingerprint density at radius 3 is 1.34 bits per heavy atom. The summed E-state index contributed by atoms with van der Waals surface area (Å²) < 4.78 is 78.4. The van der Waals surface area contributed by atoms with Gasteiger partial charge in [0.05, 0.1) is 4.90 Å². The first-order chi connectivity index (χ1) is 27.9. The molecule has 0 unspecified atom stereocenters. The Kier molecular flexibility index (Phi) is 25.4. The van der Waals surface area contributed by atoms with Gasteiger partial charge < -0.3 is 24.2 Å². The Balaban J connectivity index is 0.000000400. The number of aromatic hydroxyl groups is 1. The van der Waals surface area contributed by atoms with Crippen molar-refractivity contribution in [1.82, 2.24) is 0 Å². The molecule has 0 aliphatic rings. The maximum atomic E-state index is 12.1. The fraction of sp³-hybridized carbons (Fsp3) is 0.478. The molecule has 10 nitrogen and oxygen atoms in total. The fourth-order valence-corrected chi connectivity index (χ4v) is 7.94. The minimum Gasteiger partial charge on any atom is -0.870 e. The van der Waals surface area contributed by atoms with Crippen LogP contribution in [0.25, 0.3) is 0 Å². The fourth-order valence-electron chi connectivity index (χ4n) is 6.70. The van der Waals surface area contributed by atoms with Gasteiger partial charge in [-0.25, -0.2) is 8.42 Å². The van der Waals surface area contributed by atoms with Gasteiger partial charge in [0, 0.05) is 0 Å². The number of hydrogen-bond donors (Lipinski definition) is 2. The van der Waals surface area contributed by atoms with E-state index in [1.807, 2.05) is 24.3 Å². The second-order valence-corrected chi connectivity index (χ2v) is 17.4. The zero-order valence-electron chi connectivity index (χ0n) is 34.9. The van der Waals surface area contributed by atoms with Crippen molar-refractivity contribution in [3.8, 4) is 34.5 Å². The van der Waals surface area contributed by atoms with Crippen molar-refractivity contribution < 1.29 is 45.6 Å². The molecule has 2 N–H and O–H groups in total. The summed E-state index contributed by atoms with van der Waals surface area (Å²) >= 11 is 0. The first-order valence-corrected chi connectivity index (χ1v) is 23.8. The smallest absolute Gasteiger partial charge is 0.870 e. The number of hydrogen-bond acceptors (Lipinski definition) is 9. The molecule has 0 bridgehead atoms. The number of phenolic OH excluding ortho intramolecular Hbond substituents is 1. The van der Waals surface area contributed by atoms with E-state index in [0.29, 0.717) is 11.5 Å². The van der Waals surface area contributed by atoms with Crippen molar-refractivity contribution in [2.45, 2.75) is 152 Å². The van der Waals surface area contributed by atoms with Gasteiger partial charge >= 0.3 is 37.7 Å². The molecule has 0 radical (unpaired) electrons. The molecule has 0 saturated carbocycles. The summed E-state index contributed by atoms with van der Waals surface area (Å²) in [6, 6.07) is 22.0. The molecule has 4 aromatic carbocycles. The average molecular weight is 879 g/mol. The normalized spacial score (nSPS) is 11.3. The van der Waals surface area contributed by atoms with E-state index in [-0.39, 0.29) is 49.2 Å². The maximum Gasteiger partial charge on any atom is 2.00 e. The summed E-state index contributed by atoms with van der Waals surface area (Å²) in [4.78, 5) is -1.07. The molecule has 0 spiro atoms. The third kappa shape index (κ3) is 19.6. The molecular formula is C46H62CaO10S2. The van der Waals surface area contributed by atoms with Crippen LogP contribution < -0.4 is 14.6 Å². The van der Waals surface area contributed by atoms with Crippen molar-refractivity contribution in [3.05, 3.63) is 96.1 Å². The van der Waals surface area contributed by atoms with Crippen LogP contribution in [-0.4, -0.2) is 68.8 Å². The van der Waals surface area contributed by atoms with Gasteiger partial charge in [0.15, 0.2) is 11.5 Å². The first-order valence-electron chi connectivity index (χ1n) is 20.9. The monoisotopic (exact) mass is 878 g/mol. The number of para-hydroxylation sites is 4. The quantitative estimate of drug-likeness (QED) is 0.0351. The van der Waals surface area contributed by atoms with Gasteiger partial charge in [0.25, 0.3) is 10.1 Å². The Morgan fingerprint density at radius 1 is 0.508 bits per heavy atom. The number of ether oxygens (including phenoxy) is 2. The molecule has 0 aromatic heterocycles. The molecule has 320 valence electrons. The molecule has 0 fully saturated rings. The Labute approximate surface area is 383 Å². The zero-order chi connectivity index (χ0) is 42.2. The summed E-state index contributed by atoms with van der Waals surface area (Å²) in [6.45, 7) is 4.45. The topological polar surface area (TPSA) is 173 Å². The van der Waals surface area contributed by atoms with E-state index in [1.54, 1.807) is 24.3 Å². The predicted molar refractivity (Wildman–Crippen MR) is 232 cm³/mol. The van der Waals surface area contributed by atoms with E-state index < -0.39 is 41.5 Å². The Morgan fingerprint density at radius 2 is 0.898 bits per heavy atom. The van der Waals surface area contributed by atoms with Gasteiger partial charge in [-0.15, -0.1) is 0 Å². The van der Waals surface area contributed by atoms with Crippen LogP contribution in [0.1, 0.15) is 141 Å². The van der Waals surface area contributed by atoms with E-state index in [2.05, 4.69) is 13.8 Å². The van der Waals surface area contributed by atoms with Gasteiger partial charge in [-0.3, -0.25) is 4.55 Å². The molecule has 59 heavy (non-hydrogen) atoms. The van der Waals surface area contributed by atoms with E-state index >= 15 is 0 Å². The summed E-state index contributed by atoms with van der Waals surface area (Å²) in [5.41, 5.74) is 1.84. The molecule has 4 rings (SSSR count). The third-order valence-corrected chi connectivity index (χ3v) is 11.7. The van der Waals surface area contributed by atoms with Crippen molar-refractivity contribution >= 4 is 58.0 Å². The van der Waals surface area contributed by atoms with Crippen LogP contribution in [0.4, 0.5) is 0 Å². The molecule has 0 aliphatic carbocycles. The van der Waals surface area contributed by atoms with Crippen LogP contribution in [0.5, 0.6) is 34.5 Å². The van der Waals surface area contributed by atoms with E-state index in [0.717, 1.165) is 55.7 Å². The molecule has 0 atom stereocenters. The van der Waals surface area contributed by atoms with Crippen molar-refractivity contribution in [2.24, 2.45) is 0 Å². The molecule has 13 heteroatoms. The van der Waals surface area contributed by atoms with Crippen LogP contribution in [0.3, 0.4) is 0 Å². The molecule has 0 saturated heterocycles. The summed E-state index contributed by atoms with van der Waals surface area (Å²) in [7, 11) is -9.31. The summed E-state index contributed by atoms with van der Waals surface area (Å²) in [6.07, 6.45) is 23.8. The van der Waals surface area contributed by atoms with Crippen molar-refractivity contribution in [2.75, 3.05) is 0 Å². The number of aryl methyl sites for hydroxylation is 2. The maximum absolute atomic E-state index is 12.1. The van der Waals surface area contributed by atoms with E-state index in [9.17, 15) is 36.2 Å². The van der Waals surface area contributed by atoms with E-state index in [1.165, 1.54) is 120 Å². The van der Waals surface area contributed by atoms with Crippen molar-refractivity contribution in [1.29, 1.82) is 0 Å². The van der Waals surface area contributed by atoms with Crippen LogP contribution in [0.2, 0.25) is 0 Å². The number of benzene rings is 4. The van der Waals surface area contributed by atoms with Crippen LogP contribution in [0.15, 0.2) is 94.7 Å². The average Bonchev–Trinajstić information content (AvgIpc) is 3.18. The van der Waals surface area contributed by atoms with Crippen LogP contribution >= 0.6 is 0 Å². The standard InChI is InChI=1S/2C23H32O5S.Ca/c2*1-2-3-4-5-6-7-8-9-10-14-19-15-11-12-17-21(19)28-23-20(24)16-13-18-22(23)29(25,26)27;/h2*11-13,15-18,24H,2-10,14H2,1H3,(H,25,26,27);/q;;+2/p-2. The van der Waals surface area contributed by atoms with Crippen LogP contribution in [0, 0.1) is 0 Å². The second kappa shape index (κ2) is 28.6. The summed E-state index contributed by atoms with van der Waals surface area (Å²) in [5, 5.41) is 22.2. The van der Waals surface area contributed by atoms with Crippen LogP contribution in [-0.2, 0) is 33.1 Å². The molecule has 0 aliphatic heterocycles. The Hall–Kier alpha value is -2.84. The summed E-state index contributed by atoms with van der Waals surface area (Å²) in [5.74, 6) is -0.743. The minimum absolute atomic E-state index is 0. The molecular weight excluding hydrogens is 817 g/mol. The zero-order valence-corrected chi connectivity index (χ0v) is 38.8. The van der Waals surface area contributed by atoms with E-state index in [4.69, 9.17) is 9.47 Å². The van der Waals surface area contributed by atoms with Gasteiger partial charge in [-0.05, 0) is 67.1 Å². The Bertz CT molecular complexity index is 1870. The number of phenols is 1. The van der Waals surface area contributed by atoms with Gasteiger partial charge in [-0.2, -0.15) is 8.42 Å². The van der Waals surface area contributed by atoms with Gasteiger partial charge in [0.1, 0.15) is 32.3 Å². The SMILES string of the molecule is CCCCCCCCCCCc1ccccc1Oc1c(O)cccc1S(=O)(=O)O.CCCCCCCCCCCc1ccccc1Oc1c([O-])cccc1S(=O)(=O)[O-].[Ca+2]. The molecule has 0 amide bonds. The third-order valence-electron chi connectivity index (χ3n) is 9.92. The molecule has 4 aromatic rings. The first kappa shape index (κ1) is 52.3.